The van der Waals surface area contributed by atoms with Crippen LogP contribution in [0.25, 0.3) is 11.0 Å². The van der Waals surface area contributed by atoms with Gasteiger partial charge in [0.15, 0.2) is 0 Å². The number of benzene rings is 1. The summed E-state index contributed by atoms with van der Waals surface area (Å²) in [7, 11) is 1.54. The van der Waals surface area contributed by atoms with E-state index in [0.29, 0.717) is 17.5 Å². The minimum atomic E-state index is -0.723. The number of alkyl halides is 1. The number of carbonyl (C=O) groups excluding carboxylic acids is 1. The maximum atomic E-state index is 12.6. The van der Waals surface area contributed by atoms with Crippen LogP contribution in [0.2, 0.25) is 0 Å². The number of aliphatic hydroxyl groups excluding tert-OH is 1. The van der Waals surface area contributed by atoms with Crippen molar-refractivity contribution in [1.29, 1.82) is 0 Å². The molecular formula is C15H20FN3O2. The first kappa shape index (κ1) is 15.4. The number of nitrogens with zero attached hydrogens (tertiary/aromatic N) is 1. The average molecular weight is 293 g/mol. The molecule has 0 spiro atoms. The zero-order valence-electron chi connectivity index (χ0n) is 12.2. The normalized spacial score (nSPS) is 14.1. The van der Waals surface area contributed by atoms with Gasteiger partial charge in [-0.1, -0.05) is 13.0 Å². The summed E-state index contributed by atoms with van der Waals surface area (Å²) in [5.74, 6) is 0.430. The maximum Gasteiger partial charge on any atom is 0.222 e. The summed E-state index contributed by atoms with van der Waals surface area (Å²) in [5.41, 5.74) is 2.15. The van der Waals surface area contributed by atoms with Crippen LogP contribution in [-0.4, -0.2) is 34.1 Å². The van der Waals surface area contributed by atoms with Crippen molar-refractivity contribution in [2.24, 2.45) is 5.92 Å². The molecule has 6 heteroatoms. The molecule has 0 unspecified atom stereocenters. The van der Waals surface area contributed by atoms with E-state index in [2.05, 4.69) is 15.3 Å². The minimum absolute atomic E-state index is 0.0733. The van der Waals surface area contributed by atoms with Crippen molar-refractivity contribution in [2.45, 2.75) is 32.5 Å². The summed E-state index contributed by atoms with van der Waals surface area (Å²) in [4.78, 5) is 18.8. The number of aromatic amines is 1. The van der Waals surface area contributed by atoms with Gasteiger partial charge in [0.25, 0.3) is 0 Å². The van der Waals surface area contributed by atoms with Crippen LogP contribution in [0.3, 0.4) is 0 Å². The lowest BCUT2D eigenvalue weighted by atomic mass is 9.98. The summed E-state index contributed by atoms with van der Waals surface area (Å²) in [5, 5.41) is 12.5. The van der Waals surface area contributed by atoms with Crippen molar-refractivity contribution in [3.05, 3.63) is 29.6 Å². The second-order valence-electron chi connectivity index (χ2n) is 5.29. The van der Waals surface area contributed by atoms with Gasteiger partial charge in [-0.05, 0) is 23.6 Å². The highest BCUT2D eigenvalue weighted by Crippen LogP contribution is 2.18. The largest absolute Gasteiger partial charge is 0.392 e. The van der Waals surface area contributed by atoms with Gasteiger partial charge in [-0.15, -0.1) is 0 Å². The second kappa shape index (κ2) is 6.67. The van der Waals surface area contributed by atoms with Gasteiger partial charge >= 0.3 is 0 Å². The molecule has 2 rings (SSSR count). The van der Waals surface area contributed by atoms with E-state index in [4.69, 9.17) is 0 Å². The highest BCUT2D eigenvalue weighted by atomic mass is 19.1. The number of nitrogens with one attached hydrogen (secondary N) is 2. The first-order valence-corrected chi connectivity index (χ1v) is 6.95. The predicted octanol–water partition coefficient (Wildman–Crippen LogP) is 1.71. The molecule has 114 valence electrons. The summed E-state index contributed by atoms with van der Waals surface area (Å²) in [6.45, 7) is 1.35. The lowest BCUT2D eigenvalue weighted by Gasteiger charge is -2.16. The summed E-state index contributed by atoms with van der Waals surface area (Å²) in [6.07, 6.45) is -0.124. The van der Waals surface area contributed by atoms with E-state index in [0.717, 1.165) is 11.3 Å². The Morgan fingerprint density at radius 3 is 2.95 bits per heavy atom. The SMILES string of the molecule is CNC(=O)C[C@H](O)[C@H](C)Cc1nc2cc(CF)ccc2[nH]1. The summed E-state index contributed by atoms with van der Waals surface area (Å²) < 4.78 is 12.6. The molecule has 0 saturated carbocycles. The zero-order chi connectivity index (χ0) is 15.4. The van der Waals surface area contributed by atoms with E-state index in [1.807, 2.05) is 6.92 Å². The quantitative estimate of drug-likeness (QED) is 0.758. The van der Waals surface area contributed by atoms with E-state index in [1.165, 1.54) is 0 Å². The number of H-pyrrole nitrogens is 1. The van der Waals surface area contributed by atoms with Gasteiger partial charge in [0, 0.05) is 13.5 Å². The number of carbonyl (C=O) groups is 1. The van der Waals surface area contributed by atoms with Crippen molar-refractivity contribution in [2.75, 3.05) is 7.05 Å². The van der Waals surface area contributed by atoms with Crippen LogP contribution < -0.4 is 5.32 Å². The molecule has 1 aromatic carbocycles. The number of fused-ring (bicyclic) bond motifs is 1. The van der Waals surface area contributed by atoms with Crippen LogP contribution in [0, 0.1) is 5.92 Å². The van der Waals surface area contributed by atoms with E-state index in [1.54, 1.807) is 25.2 Å². The van der Waals surface area contributed by atoms with Gasteiger partial charge in [0.2, 0.25) is 5.91 Å². The summed E-state index contributed by atoms with van der Waals surface area (Å²) >= 11 is 0. The Labute approximate surface area is 122 Å². The number of hydrogen-bond acceptors (Lipinski definition) is 3. The van der Waals surface area contributed by atoms with Gasteiger partial charge in [-0.25, -0.2) is 9.37 Å². The smallest absolute Gasteiger partial charge is 0.222 e. The van der Waals surface area contributed by atoms with Gasteiger partial charge in [0.1, 0.15) is 12.5 Å². The van der Waals surface area contributed by atoms with Crippen LogP contribution in [0.5, 0.6) is 0 Å². The Balaban J connectivity index is 2.06. The number of aliphatic hydroxyl groups is 1. The van der Waals surface area contributed by atoms with E-state index in [9.17, 15) is 14.3 Å². The van der Waals surface area contributed by atoms with Crippen molar-refractivity contribution < 1.29 is 14.3 Å². The number of hydrogen-bond donors (Lipinski definition) is 3. The molecule has 0 bridgehead atoms. The highest BCUT2D eigenvalue weighted by Gasteiger charge is 2.19. The van der Waals surface area contributed by atoms with Crippen LogP contribution in [-0.2, 0) is 17.9 Å². The molecule has 1 amide bonds. The number of halogens is 1. The first-order valence-electron chi connectivity index (χ1n) is 6.95. The molecule has 5 nitrogen and oxygen atoms in total. The fourth-order valence-electron chi connectivity index (χ4n) is 2.22. The monoisotopic (exact) mass is 293 g/mol. The van der Waals surface area contributed by atoms with Crippen molar-refractivity contribution in [3.8, 4) is 0 Å². The minimum Gasteiger partial charge on any atom is -0.392 e. The maximum absolute atomic E-state index is 12.6. The number of aromatic nitrogens is 2. The fraction of sp³-hybridized carbons (Fsp3) is 0.467. The molecule has 1 heterocycles. The summed E-state index contributed by atoms with van der Waals surface area (Å²) in [6, 6.07) is 5.22. The van der Waals surface area contributed by atoms with Crippen LogP contribution >= 0.6 is 0 Å². The molecule has 0 aliphatic rings. The number of amides is 1. The van der Waals surface area contributed by atoms with Gasteiger partial charge in [-0.3, -0.25) is 4.79 Å². The predicted molar refractivity (Wildman–Crippen MR) is 78.5 cm³/mol. The Bertz CT molecular complexity index is 626. The lowest BCUT2D eigenvalue weighted by Crippen LogP contribution is -2.29. The standard InChI is InChI=1S/C15H20FN3O2/c1-9(13(20)7-15(21)17-2)5-14-18-11-4-3-10(8-16)6-12(11)19-14/h3-4,6,9,13,20H,5,7-8H2,1-2H3,(H,17,21)(H,18,19)/t9-,13+/m1/s1. The molecule has 2 aromatic rings. The Kier molecular flexibility index (Phi) is 4.90. The zero-order valence-corrected chi connectivity index (χ0v) is 12.2. The average Bonchev–Trinajstić information content (AvgIpc) is 2.87. The first-order chi connectivity index (χ1) is 10.0. The number of imidazole rings is 1. The molecule has 21 heavy (non-hydrogen) atoms. The van der Waals surface area contributed by atoms with Crippen LogP contribution in [0.1, 0.15) is 24.7 Å². The van der Waals surface area contributed by atoms with E-state index in [-0.39, 0.29) is 18.2 Å². The molecule has 3 N–H and O–H groups in total. The van der Waals surface area contributed by atoms with Crippen molar-refractivity contribution >= 4 is 16.9 Å². The molecule has 0 aliphatic carbocycles. The molecule has 0 saturated heterocycles. The Morgan fingerprint density at radius 2 is 2.29 bits per heavy atom. The third-order valence-corrected chi connectivity index (χ3v) is 3.60. The van der Waals surface area contributed by atoms with Crippen LogP contribution in [0.15, 0.2) is 18.2 Å². The number of rotatable bonds is 6. The van der Waals surface area contributed by atoms with Gasteiger partial charge in [-0.2, -0.15) is 0 Å². The van der Waals surface area contributed by atoms with E-state index < -0.39 is 12.8 Å². The molecule has 0 fully saturated rings. The molecule has 0 aliphatic heterocycles. The van der Waals surface area contributed by atoms with E-state index >= 15 is 0 Å². The molecule has 0 radical (unpaired) electrons. The van der Waals surface area contributed by atoms with Gasteiger partial charge < -0.3 is 15.4 Å². The second-order valence-corrected chi connectivity index (χ2v) is 5.29. The topological polar surface area (TPSA) is 78.0 Å². The highest BCUT2D eigenvalue weighted by molar-refractivity contribution is 5.76. The Hall–Kier alpha value is -1.95. The van der Waals surface area contributed by atoms with Gasteiger partial charge in [0.05, 0.1) is 23.6 Å². The Morgan fingerprint density at radius 1 is 1.52 bits per heavy atom. The lowest BCUT2D eigenvalue weighted by molar-refractivity contribution is -0.123. The van der Waals surface area contributed by atoms with Crippen molar-refractivity contribution in [1.82, 2.24) is 15.3 Å². The van der Waals surface area contributed by atoms with Crippen molar-refractivity contribution in [3.63, 3.8) is 0 Å². The fourth-order valence-corrected chi connectivity index (χ4v) is 2.22. The molecular weight excluding hydrogens is 273 g/mol. The van der Waals surface area contributed by atoms with Crippen LogP contribution in [0.4, 0.5) is 4.39 Å². The third-order valence-electron chi connectivity index (χ3n) is 3.60. The molecule has 2 atom stereocenters. The molecule has 1 aromatic heterocycles. The third kappa shape index (κ3) is 3.78.